The van der Waals surface area contributed by atoms with Gasteiger partial charge in [0.15, 0.2) is 6.54 Å². The molecular weight excluding hydrogens is 350 g/mol. The van der Waals surface area contributed by atoms with Crippen LogP contribution in [-0.2, 0) is 27.7 Å². The molecule has 0 aromatic heterocycles. The molecule has 0 radical (unpaired) electrons. The average molecular weight is 381 g/mol. The molecule has 1 aromatic rings. The Morgan fingerprint density at radius 2 is 1.92 bits per heavy atom. The van der Waals surface area contributed by atoms with Crippen molar-refractivity contribution in [2.45, 2.75) is 43.9 Å². The van der Waals surface area contributed by atoms with Gasteiger partial charge in [-0.05, 0) is 48.9 Å². The third-order valence-electron chi connectivity index (χ3n) is 5.40. The van der Waals surface area contributed by atoms with Crippen LogP contribution in [0.3, 0.4) is 0 Å². The van der Waals surface area contributed by atoms with Gasteiger partial charge in [-0.25, -0.2) is 8.42 Å². The van der Waals surface area contributed by atoms with Gasteiger partial charge in [0.1, 0.15) is 0 Å². The second-order valence-corrected chi connectivity index (χ2v) is 9.26. The Labute approximate surface area is 156 Å². The number of nitrogens with one attached hydrogen (secondary N) is 2. The molecule has 1 aliphatic heterocycles. The lowest BCUT2D eigenvalue weighted by atomic mass is 10.1. The smallest absolute Gasteiger partial charge is 0.275 e. The molecule has 0 spiro atoms. The van der Waals surface area contributed by atoms with Crippen LogP contribution >= 0.6 is 0 Å². The molecule has 7 heteroatoms. The first kappa shape index (κ1) is 19.3. The van der Waals surface area contributed by atoms with Gasteiger partial charge in [-0.3, -0.25) is 4.79 Å². The van der Waals surface area contributed by atoms with Crippen molar-refractivity contribution in [1.82, 2.24) is 9.62 Å². The number of nitrogens with zero attached hydrogens (tertiary/aromatic N) is 1. The maximum Gasteiger partial charge on any atom is 0.275 e. The number of hydrogen-bond acceptors (Lipinski definition) is 3. The third-order valence-corrected chi connectivity index (χ3v) is 7.29. The molecule has 2 N–H and O–H groups in total. The summed E-state index contributed by atoms with van der Waals surface area (Å²) >= 11 is 0. The molecule has 1 aromatic carbocycles. The SMILES string of the molecule is CCCCNC(=O)C[NH+]1CCN(S(=O)(=O)c2ccc3c(c2)CCC3)CC1. The molecule has 1 heterocycles. The van der Waals surface area contributed by atoms with Crippen LogP contribution in [0, 0.1) is 0 Å². The Morgan fingerprint density at radius 1 is 1.19 bits per heavy atom. The van der Waals surface area contributed by atoms with Crippen molar-refractivity contribution in [2.75, 3.05) is 39.3 Å². The van der Waals surface area contributed by atoms with Crippen molar-refractivity contribution in [1.29, 1.82) is 0 Å². The fraction of sp³-hybridized carbons (Fsp3) is 0.632. The average Bonchev–Trinajstić information content (AvgIpc) is 3.10. The maximum atomic E-state index is 12.9. The Bertz CT molecular complexity index is 740. The molecule has 3 rings (SSSR count). The fourth-order valence-electron chi connectivity index (χ4n) is 3.77. The number of aryl methyl sites for hydroxylation is 2. The highest BCUT2D eigenvalue weighted by Crippen LogP contribution is 2.26. The molecule has 1 amide bonds. The number of quaternary nitrogens is 1. The number of carbonyl (C=O) groups excluding carboxylic acids is 1. The summed E-state index contributed by atoms with van der Waals surface area (Å²) in [6.07, 6.45) is 5.20. The van der Waals surface area contributed by atoms with Gasteiger partial charge in [-0.15, -0.1) is 0 Å². The molecule has 2 aliphatic rings. The number of hydrogen-bond donors (Lipinski definition) is 2. The molecule has 6 nitrogen and oxygen atoms in total. The van der Waals surface area contributed by atoms with Crippen molar-refractivity contribution < 1.29 is 18.1 Å². The summed E-state index contributed by atoms with van der Waals surface area (Å²) in [5.41, 5.74) is 2.46. The number of rotatable bonds is 7. The lowest BCUT2D eigenvalue weighted by Gasteiger charge is -2.31. The third kappa shape index (κ3) is 4.45. The van der Waals surface area contributed by atoms with Gasteiger partial charge in [0, 0.05) is 6.54 Å². The lowest BCUT2D eigenvalue weighted by molar-refractivity contribution is -0.895. The Balaban J connectivity index is 1.54. The fourth-order valence-corrected chi connectivity index (χ4v) is 5.26. The molecule has 0 bridgehead atoms. The van der Waals surface area contributed by atoms with E-state index in [1.165, 1.54) is 11.1 Å². The van der Waals surface area contributed by atoms with Gasteiger partial charge >= 0.3 is 0 Å². The summed E-state index contributed by atoms with van der Waals surface area (Å²) in [7, 11) is -3.43. The minimum Gasteiger partial charge on any atom is -0.351 e. The van der Waals surface area contributed by atoms with Crippen LogP contribution in [0.5, 0.6) is 0 Å². The molecule has 0 atom stereocenters. The summed E-state index contributed by atoms with van der Waals surface area (Å²) in [5.74, 6) is 0.0587. The van der Waals surface area contributed by atoms with E-state index in [4.69, 9.17) is 0 Å². The highest BCUT2D eigenvalue weighted by atomic mass is 32.2. The van der Waals surface area contributed by atoms with Crippen molar-refractivity contribution >= 4 is 15.9 Å². The van der Waals surface area contributed by atoms with E-state index in [2.05, 4.69) is 12.2 Å². The number of fused-ring (bicyclic) bond motifs is 1. The van der Waals surface area contributed by atoms with Crippen molar-refractivity contribution in [2.24, 2.45) is 0 Å². The number of sulfonamides is 1. The standard InChI is InChI=1S/C19H29N3O3S/c1-2-3-9-20-19(23)15-21-10-12-22(13-11-21)26(24,25)18-8-7-16-5-4-6-17(16)14-18/h7-8,14H,2-6,9-13,15H2,1H3,(H,20,23)/p+1. The summed E-state index contributed by atoms with van der Waals surface area (Å²) in [4.78, 5) is 13.5. The van der Waals surface area contributed by atoms with E-state index in [9.17, 15) is 13.2 Å². The van der Waals surface area contributed by atoms with Crippen LogP contribution in [0.1, 0.15) is 37.3 Å². The normalized spacial score (nSPS) is 18.7. The monoisotopic (exact) mass is 380 g/mol. The molecule has 1 fully saturated rings. The highest BCUT2D eigenvalue weighted by Gasteiger charge is 2.31. The van der Waals surface area contributed by atoms with E-state index in [0.29, 0.717) is 37.6 Å². The Hall–Kier alpha value is -1.44. The van der Waals surface area contributed by atoms with Crippen LogP contribution < -0.4 is 10.2 Å². The van der Waals surface area contributed by atoms with E-state index in [0.717, 1.165) is 43.5 Å². The summed E-state index contributed by atoms with van der Waals surface area (Å²) in [5, 5.41) is 2.93. The van der Waals surface area contributed by atoms with E-state index < -0.39 is 10.0 Å². The van der Waals surface area contributed by atoms with Gasteiger partial charge in [-0.2, -0.15) is 4.31 Å². The van der Waals surface area contributed by atoms with Crippen LogP contribution in [-0.4, -0.2) is 57.9 Å². The minimum atomic E-state index is -3.43. The second-order valence-electron chi connectivity index (χ2n) is 7.32. The van der Waals surface area contributed by atoms with Crippen LogP contribution in [0.4, 0.5) is 0 Å². The van der Waals surface area contributed by atoms with Gasteiger partial charge in [0.05, 0.1) is 31.1 Å². The van der Waals surface area contributed by atoms with E-state index >= 15 is 0 Å². The van der Waals surface area contributed by atoms with Gasteiger partial charge in [-0.1, -0.05) is 19.4 Å². The van der Waals surface area contributed by atoms with Gasteiger partial charge < -0.3 is 10.2 Å². The summed E-state index contributed by atoms with van der Waals surface area (Å²) in [6, 6.07) is 5.58. The zero-order valence-corrected chi connectivity index (χ0v) is 16.4. The van der Waals surface area contributed by atoms with E-state index in [1.54, 1.807) is 10.4 Å². The Kier molecular flexibility index (Phi) is 6.32. The number of amides is 1. The number of unbranched alkanes of at least 4 members (excludes halogenated alkanes) is 1. The quantitative estimate of drug-likeness (QED) is 0.653. The zero-order valence-electron chi connectivity index (χ0n) is 15.6. The maximum absolute atomic E-state index is 12.9. The van der Waals surface area contributed by atoms with Crippen LogP contribution in [0.2, 0.25) is 0 Å². The second kappa shape index (κ2) is 8.50. The first-order valence-electron chi connectivity index (χ1n) is 9.73. The minimum absolute atomic E-state index is 0.0587. The van der Waals surface area contributed by atoms with E-state index in [1.807, 2.05) is 12.1 Å². The van der Waals surface area contributed by atoms with Crippen LogP contribution in [0.15, 0.2) is 23.1 Å². The largest absolute Gasteiger partial charge is 0.351 e. The molecule has 144 valence electrons. The van der Waals surface area contributed by atoms with Gasteiger partial charge in [0.2, 0.25) is 10.0 Å². The zero-order chi connectivity index (χ0) is 18.6. The van der Waals surface area contributed by atoms with Gasteiger partial charge in [0.25, 0.3) is 5.91 Å². The number of piperazine rings is 1. The molecule has 26 heavy (non-hydrogen) atoms. The van der Waals surface area contributed by atoms with Crippen molar-refractivity contribution in [3.63, 3.8) is 0 Å². The van der Waals surface area contributed by atoms with Crippen molar-refractivity contribution in [3.8, 4) is 0 Å². The molecule has 1 saturated heterocycles. The summed E-state index contributed by atoms with van der Waals surface area (Å²) < 4.78 is 27.4. The highest BCUT2D eigenvalue weighted by molar-refractivity contribution is 7.89. The Morgan fingerprint density at radius 3 is 2.65 bits per heavy atom. The predicted octanol–water partition coefficient (Wildman–Crippen LogP) is -0.0192. The molecule has 0 saturated carbocycles. The summed E-state index contributed by atoms with van der Waals surface area (Å²) in [6.45, 7) is 5.53. The first-order chi connectivity index (χ1) is 12.5. The lowest BCUT2D eigenvalue weighted by Crippen LogP contribution is -3.15. The van der Waals surface area contributed by atoms with Crippen molar-refractivity contribution in [3.05, 3.63) is 29.3 Å². The number of carbonyl (C=O) groups is 1. The topological polar surface area (TPSA) is 70.9 Å². The van der Waals surface area contributed by atoms with Crippen LogP contribution in [0.25, 0.3) is 0 Å². The number of benzene rings is 1. The first-order valence-corrected chi connectivity index (χ1v) is 11.2. The molecular formula is C19H30N3O3S+. The predicted molar refractivity (Wildman–Crippen MR) is 101 cm³/mol. The molecule has 0 unspecified atom stereocenters. The van der Waals surface area contributed by atoms with E-state index in [-0.39, 0.29) is 5.91 Å². The molecule has 1 aliphatic carbocycles.